The Bertz CT molecular complexity index is 408. The van der Waals surface area contributed by atoms with E-state index in [1.165, 1.54) is 5.56 Å². The Hall–Kier alpha value is -0.650. The molecule has 1 aliphatic heterocycles. The van der Waals surface area contributed by atoms with Crippen LogP contribution >= 0.6 is 12.4 Å². The number of hydrogen-bond acceptors (Lipinski definition) is 4. The second kappa shape index (κ2) is 8.11. The summed E-state index contributed by atoms with van der Waals surface area (Å²) in [7, 11) is 4.26. The van der Waals surface area contributed by atoms with Crippen molar-refractivity contribution in [1.82, 2.24) is 21.1 Å². The maximum Gasteiger partial charge on any atom is 0.0515 e. The molecule has 1 aliphatic rings. The van der Waals surface area contributed by atoms with E-state index >= 15 is 0 Å². The fourth-order valence-corrected chi connectivity index (χ4v) is 2.46. The molecule has 0 aliphatic carbocycles. The zero-order valence-electron chi connectivity index (χ0n) is 13.5. The third kappa shape index (κ3) is 4.94. The number of halogens is 1. The first-order valence-electron chi connectivity index (χ1n) is 7.42. The molecule has 1 aromatic carbocycles. The largest absolute Gasteiger partial charge is 0.315 e. The summed E-state index contributed by atoms with van der Waals surface area (Å²) in [5.74, 6) is 0.579. The number of likely N-dealkylation sites (N-methyl/N-ethyl adjacent to an activating group) is 1. The number of nitrogens with one attached hydrogen (secondary N) is 3. The number of hydrazine groups is 1. The molecule has 0 amide bonds. The average Bonchev–Trinajstić information content (AvgIpc) is 2.88. The van der Waals surface area contributed by atoms with Crippen LogP contribution in [0, 0.1) is 5.92 Å². The van der Waals surface area contributed by atoms with E-state index in [9.17, 15) is 0 Å². The van der Waals surface area contributed by atoms with Crippen molar-refractivity contribution in [1.29, 1.82) is 0 Å². The highest BCUT2D eigenvalue weighted by Gasteiger charge is 2.28. The first kappa shape index (κ1) is 18.4. The van der Waals surface area contributed by atoms with Gasteiger partial charge < -0.3 is 10.2 Å². The molecule has 0 bridgehead atoms. The van der Waals surface area contributed by atoms with Crippen LogP contribution in [0.4, 0.5) is 0 Å². The molecule has 1 fully saturated rings. The first-order valence-corrected chi connectivity index (χ1v) is 7.42. The molecule has 2 rings (SSSR count). The van der Waals surface area contributed by atoms with Crippen LogP contribution in [0.15, 0.2) is 30.3 Å². The van der Waals surface area contributed by atoms with Crippen LogP contribution in [0.3, 0.4) is 0 Å². The maximum absolute atomic E-state index is 3.63. The van der Waals surface area contributed by atoms with Crippen LogP contribution in [0.25, 0.3) is 0 Å². The third-order valence-corrected chi connectivity index (χ3v) is 4.43. The Morgan fingerprint density at radius 1 is 1.24 bits per heavy atom. The smallest absolute Gasteiger partial charge is 0.0515 e. The molecule has 4 nitrogen and oxygen atoms in total. The van der Waals surface area contributed by atoms with Crippen LogP contribution in [0.2, 0.25) is 0 Å². The monoisotopic (exact) mass is 312 g/mol. The molecule has 0 aromatic heterocycles. The zero-order valence-corrected chi connectivity index (χ0v) is 14.3. The molecule has 0 spiro atoms. The average molecular weight is 313 g/mol. The van der Waals surface area contributed by atoms with Gasteiger partial charge in [-0.3, -0.25) is 5.43 Å². The lowest BCUT2D eigenvalue weighted by atomic mass is 9.94. The molecule has 0 radical (unpaired) electrons. The highest BCUT2D eigenvalue weighted by molar-refractivity contribution is 5.85. The Morgan fingerprint density at radius 2 is 1.90 bits per heavy atom. The van der Waals surface area contributed by atoms with Crippen molar-refractivity contribution in [2.45, 2.75) is 25.4 Å². The summed E-state index contributed by atoms with van der Waals surface area (Å²) in [4.78, 5) is 2.26. The Kier molecular flexibility index (Phi) is 7.10. The molecule has 3 N–H and O–H groups in total. The maximum atomic E-state index is 3.63. The van der Waals surface area contributed by atoms with Gasteiger partial charge in [0.05, 0.1) is 6.04 Å². The van der Waals surface area contributed by atoms with E-state index < -0.39 is 0 Å². The number of nitrogens with zero attached hydrogens (tertiary/aromatic N) is 1. The minimum atomic E-state index is 0. The molecule has 21 heavy (non-hydrogen) atoms. The van der Waals surface area contributed by atoms with E-state index in [2.05, 4.69) is 79.3 Å². The van der Waals surface area contributed by atoms with Gasteiger partial charge in [-0.2, -0.15) is 0 Å². The van der Waals surface area contributed by atoms with Crippen molar-refractivity contribution in [2.24, 2.45) is 5.92 Å². The Labute approximate surface area is 135 Å². The summed E-state index contributed by atoms with van der Waals surface area (Å²) in [5, 5.41) is 3.63. The molecule has 1 heterocycles. The van der Waals surface area contributed by atoms with E-state index in [0.717, 1.165) is 19.6 Å². The Morgan fingerprint density at radius 3 is 2.52 bits per heavy atom. The van der Waals surface area contributed by atoms with E-state index in [4.69, 9.17) is 0 Å². The summed E-state index contributed by atoms with van der Waals surface area (Å²) in [6, 6.07) is 11.1. The van der Waals surface area contributed by atoms with Gasteiger partial charge in [-0.1, -0.05) is 30.3 Å². The van der Waals surface area contributed by atoms with Crippen LogP contribution in [0.5, 0.6) is 0 Å². The molecular formula is C16H29ClN4. The quantitative estimate of drug-likeness (QED) is 0.749. The van der Waals surface area contributed by atoms with Gasteiger partial charge in [0.15, 0.2) is 0 Å². The zero-order chi connectivity index (χ0) is 14.6. The lowest BCUT2D eigenvalue weighted by Crippen LogP contribution is -2.47. The summed E-state index contributed by atoms with van der Waals surface area (Å²) in [6.45, 7) is 7.56. The summed E-state index contributed by atoms with van der Waals surface area (Å²) in [5.41, 5.74) is 8.22. The fourth-order valence-electron chi connectivity index (χ4n) is 2.46. The number of rotatable bonds is 6. The van der Waals surface area contributed by atoms with Gasteiger partial charge in [-0.25, -0.2) is 5.43 Å². The second-order valence-corrected chi connectivity index (χ2v) is 6.51. The molecule has 2 atom stereocenters. The van der Waals surface area contributed by atoms with E-state index in [1.54, 1.807) is 0 Å². The number of benzene rings is 1. The van der Waals surface area contributed by atoms with Crippen LogP contribution < -0.4 is 16.2 Å². The minimum Gasteiger partial charge on any atom is -0.315 e. The molecule has 5 heteroatoms. The number of hydrogen-bond donors (Lipinski definition) is 3. The molecule has 1 saturated heterocycles. The lowest BCUT2D eigenvalue weighted by Gasteiger charge is -2.33. The molecule has 1 aromatic rings. The van der Waals surface area contributed by atoms with Gasteiger partial charge in [0.25, 0.3) is 0 Å². The minimum absolute atomic E-state index is 0. The van der Waals surface area contributed by atoms with Gasteiger partial charge >= 0.3 is 0 Å². The van der Waals surface area contributed by atoms with Gasteiger partial charge in [-0.05, 0) is 33.5 Å². The molecule has 2 unspecified atom stereocenters. The third-order valence-electron chi connectivity index (χ3n) is 4.43. The molecule has 0 saturated carbocycles. The van der Waals surface area contributed by atoms with Gasteiger partial charge in [0, 0.05) is 31.1 Å². The van der Waals surface area contributed by atoms with E-state index in [-0.39, 0.29) is 17.9 Å². The highest BCUT2D eigenvalue weighted by Crippen LogP contribution is 2.24. The SMILES string of the molecule is CN(C)C(C)(C)CNCC1CNNC1c1ccccc1.Cl. The van der Waals surface area contributed by atoms with Crippen molar-refractivity contribution in [2.75, 3.05) is 33.7 Å². The predicted octanol–water partition coefficient (Wildman–Crippen LogP) is 1.80. The van der Waals surface area contributed by atoms with Crippen molar-refractivity contribution < 1.29 is 0 Å². The first-order chi connectivity index (χ1) is 9.50. The standard InChI is InChI=1S/C16H28N4.ClH/c1-16(2,20(3)4)12-17-10-14-11-18-19-15(14)13-8-6-5-7-9-13;/h5-9,14-15,17-19H,10-12H2,1-4H3;1H. The summed E-state index contributed by atoms with van der Waals surface area (Å²) < 4.78 is 0. The van der Waals surface area contributed by atoms with Crippen LogP contribution in [-0.2, 0) is 0 Å². The normalized spacial score (nSPS) is 22.3. The van der Waals surface area contributed by atoms with Crippen molar-refractivity contribution >= 4 is 12.4 Å². The second-order valence-electron chi connectivity index (χ2n) is 6.51. The predicted molar refractivity (Wildman–Crippen MR) is 91.7 cm³/mol. The fraction of sp³-hybridized carbons (Fsp3) is 0.625. The van der Waals surface area contributed by atoms with Gasteiger partial charge in [-0.15, -0.1) is 12.4 Å². The highest BCUT2D eigenvalue weighted by atomic mass is 35.5. The summed E-state index contributed by atoms with van der Waals surface area (Å²) in [6.07, 6.45) is 0. The van der Waals surface area contributed by atoms with Crippen molar-refractivity contribution in [3.05, 3.63) is 35.9 Å². The van der Waals surface area contributed by atoms with Crippen LogP contribution in [-0.4, -0.2) is 44.2 Å². The Balaban J connectivity index is 0.00000220. The van der Waals surface area contributed by atoms with Crippen molar-refractivity contribution in [3.8, 4) is 0 Å². The van der Waals surface area contributed by atoms with E-state index in [0.29, 0.717) is 12.0 Å². The van der Waals surface area contributed by atoms with Gasteiger partial charge in [0.2, 0.25) is 0 Å². The molecule has 120 valence electrons. The van der Waals surface area contributed by atoms with Crippen LogP contribution in [0.1, 0.15) is 25.5 Å². The summed E-state index contributed by atoms with van der Waals surface area (Å²) >= 11 is 0. The lowest BCUT2D eigenvalue weighted by molar-refractivity contribution is 0.187. The van der Waals surface area contributed by atoms with Gasteiger partial charge in [0.1, 0.15) is 0 Å². The molecular weight excluding hydrogens is 284 g/mol. The van der Waals surface area contributed by atoms with E-state index in [1.807, 2.05) is 0 Å². The topological polar surface area (TPSA) is 39.3 Å². The van der Waals surface area contributed by atoms with Crippen molar-refractivity contribution in [3.63, 3.8) is 0 Å².